The topological polar surface area (TPSA) is 75.6 Å². The van der Waals surface area contributed by atoms with Crippen molar-refractivity contribution in [1.82, 2.24) is 5.32 Å². The second-order valence-electron chi connectivity index (χ2n) is 4.34. The molecule has 0 atom stereocenters. The van der Waals surface area contributed by atoms with E-state index in [2.05, 4.69) is 5.32 Å². The number of carbonyl (C=O) groups excluding carboxylic acids is 1. The van der Waals surface area contributed by atoms with Crippen molar-refractivity contribution in [2.45, 2.75) is 12.8 Å². The fourth-order valence-electron chi connectivity index (χ4n) is 1.54. The second kappa shape index (κ2) is 5.53. The molecule has 18 heavy (non-hydrogen) atoms. The van der Waals surface area contributed by atoms with Crippen molar-refractivity contribution in [2.75, 3.05) is 13.2 Å². The zero-order valence-electron chi connectivity index (χ0n) is 9.89. The van der Waals surface area contributed by atoms with Gasteiger partial charge < -0.3 is 15.2 Å². The smallest absolute Gasteiger partial charge is 0.339 e. The number of hydrogen-bond donors (Lipinski definition) is 2. The molecule has 1 amide bonds. The van der Waals surface area contributed by atoms with Crippen molar-refractivity contribution in [3.05, 3.63) is 29.8 Å². The van der Waals surface area contributed by atoms with E-state index in [0.29, 0.717) is 12.5 Å². The summed E-state index contributed by atoms with van der Waals surface area (Å²) in [5.41, 5.74) is 0.0625. The van der Waals surface area contributed by atoms with E-state index in [4.69, 9.17) is 9.84 Å². The molecule has 0 aliphatic heterocycles. The number of amides is 1. The minimum absolute atomic E-state index is 0.0625. The summed E-state index contributed by atoms with van der Waals surface area (Å²) in [5.74, 6) is -0.460. The van der Waals surface area contributed by atoms with Crippen LogP contribution in [0.15, 0.2) is 24.3 Å². The van der Waals surface area contributed by atoms with Gasteiger partial charge in [-0.05, 0) is 30.9 Å². The maximum absolute atomic E-state index is 11.4. The standard InChI is InChI=1S/C13H15NO4/c15-12(14-7-9-5-6-9)8-18-11-4-2-1-3-10(11)13(16)17/h1-4,9H,5-8H2,(H,14,15)(H,16,17). The molecule has 96 valence electrons. The lowest BCUT2D eigenvalue weighted by molar-refractivity contribution is -0.123. The van der Waals surface area contributed by atoms with Gasteiger partial charge in [-0.2, -0.15) is 0 Å². The minimum atomic E-state index is -1.07. The number of benzene rings is 1. The van der Waals surface area contributed by atoms with Gasteiger partial charge in [-0.3, -0.25) is 4.79 Å². The molecule has 0 saturated heterocycles. The molecule has 0 bridgehead atoms. The Kier molecular flexibility index (Phi) is 3.82. The summed E-state index contributed by atoms with van der Waals surface area (Å²) in [4.78, 5) is 22.4. The second-order valence-corrected chi connectivity index (χ2v) is 4.34. The van der Waals surface area contributed by atoms with Crippen LogP contribution in [0.25, 0.3) is 0 Å². The highest BCUT2D eigenvalue weighted by Crippen LogP contribution is 2.27. The molecule has 2 rings (SSSR count). The molecule has 0 radical (unpaired) electrons. The van der Waals surface area contributed by atoms with Gasteiger partial charge in [0.15, 0.2) is 6.61 Å². The number of carboxylic acids is 1. The van der Waals surface area contributed by atoms with Crippen molar-refractivity contribution in [2.24, 2.45) is 5.92 Å². The molecular weight excluding hydrogens is 234 g/mol. The van der Waals surface area contributed by atoms with E-state index in [1.807, 2.05) is 0 Å². The molecule has 5 nitrogen and oxygen atoms in total. The van der Waals surface area contributed by atoms with Gasteiger partial charge >= 0.3 is 5.97 Å². The first-order valence-corrected chi connectivity index (χ1v) is 5.88. The first-order chi connectivity index (χ1) is 8.66. The molecule has 1 aliphatic carbocycles. The Bertz CT molecular complexity index is 454. The molecule has 0 aromatic heterocycles. The molecule has 1 aliphatic rings. The van der Waals surface area contributed by atoms with Crippen LogP contribution < -0.4 is 10.1 Å². The van der Waals surface area contributed by atoms with Gasteiger partial charge in [-0.1, -0.05) is 12.1 Å². The lowest BCUT2D eigenvalue weighted by atomic mass is 10.2. The van der Waals surface area contributed by atoms with Crippen LogP contribution >= 0.6 is 0 Å². The first-order valence-electron chi connectivity index (χ1n) is 5.88. The van der Waals surface area contributed by atoms with Crippen LogP contribution in [0.2, 0.25) is 0 Å². The Morgan fingerprint density at radius 1 is 1.33 bits per heavy atom. The van der Waals surface area contributed by atoms with Gasteiger partial charge in [-0.25, -0.2) is 4.79 Å². The van der Waals surface area contributed by atoms with Gasteiger partial charge in [0.25, 0.3) is 5.91 Å². The lowest BCUT2D eigenvalue weighted by Gasteiger charge is -2.09. The largest absolute Gasteiger partial charge is 0.483 e. The van der Waals surface area contributed by atoms with E-state index in [1.54, 1.807) is 12.1 Å². The van der Waals surface area contributed by atoms with Crippen LogP contribution in [-0.4, -0.2) is 30.1 Å². The lowest BCUT2D eigenvalue weighted by Crippen LogP contribution is -2.30. The Labute approximate surface area is 105 Å². The van der Waals surface area contributed by atoms with E-state index in [0.717, 1.165) is 0 Å². The van der Waals surface area contributed by atoms with Crippen LogP contribution in [0.5, 0.6) is 5.75 Å². The Morgan fingerprint density at radius 3 is 2.72 bits per heavy atom. The zero-order chi connectivity index (χ0) is 13.0. The molecule has 2 N–H and O–H groups in total. The zero-order valence-corrected chi connectivity index (χ0v) is 9.89. The fourth-order valence-corrected chi connectivity index (χ4v) is 1.54. The summed E-state index contributed by atoms with van der Waals surface area (Å²) < 4.78 is 5.22. The summed E-state index contributed by atoms with van der Waals surface area (Å²) in [6.07, 6.45) is 2.34. The quantitative estimate of drug-likeness (QED) is 0.796. The molecule has 1 saturated carbocycles. The summed E-state index contributed by atoms with van der Waals surface area (Å²) >= 11 is 0. The van der Waals surface area contributed by atoms with E-state index < -0.39 is 5.97 Å². The third-order valence-corrected chi connectivity index (χ3v) is 2.76. The average Bonchev–Trinajstić information content (AvgIpc) is 3.18. The number of carbonyl (C=O) groups is 2. The number of aromatic carboxylic acids is 1. The summed E-state index contributed by atoms with van der Waals surface area (Å²) in [5, 5.41) is 11.7. The number of rotatable bonds is 6. The molecule has 5 heteroatoms. The van der Waals surface area contributed by atoms with Gasteiger partial charge in [-0.15, -0.1) is 0 Å². The van der Waals surface area contributed by atoms with E-state index in [1.165, 1.54) is 25.0 Å². The number of nitrogens with one attached hydrogen (secondary N) is 1. The summed E-state index contributed by atoms with van der Waals surface area (Å²) in [6.45, 7) is 0.528. The minimum Gasteiger partial charge on any atom is -0.483 e. The van der Waals surface area contributed by atoms with Crippen molar-refractivity contribution < 1.29 is 19.4 Å². The third kappa shape index (κ3) is 3.48. The van der Waals surface area contributed by atoms with Crippen LogP contribution in [-0.2, 0) is 4.79 Å². The van der Waals surface area contributed by atoms with Crippen molar-refractivity contribution in [3.63, 3.8) is 0 Å². The average molecular weight is 249 g/mol. The van der Waals surface area contributed by atoms with Gasteiger partial charge in [0, 0.05) is 6.54 Å². The number of ether oxygens (including phenoxy) is 1. The molecule has 1 aromatic carbocycles. The van der Waals surface area contributed by atoms with Crippen molar-refractivity contribution in [1.29, 1.82) is 0 Å². The van der Waals surface area contributed by atoms with Crippen LogP contribution in [0.3, 0.4) is 0 Å². The maximum Gasteiger partial charge on any atom is 0.339 e. The van der Waals surface area contributed by atoms with Crippen molar-refractivity contribution >= 4 is 11.9 Å². The van der Waals surface area contributed by atoms with E-state index in [-0.39, 0.29) is 23.8 Å². The van der Waals surface area contributed by atoms with E-state index in [9.17, 15) is 9.59 Å². The SMILES string of the molecule is O=C(COc1ccccc1C(=O)O)NCC1CC1. The highest BCUT2D eigenvalue weighted by atomic mass is 16.5. The molecule has 0 spiro atoms. The molecule has 0 unspecified atom stereocenters. The normalized spacial score (nSPS) is 14.0. The number of para-hydroxylation sites is 1. The van der Waals surface area contributed by atoms with Crippen LogP contribution in [0, 0.1) is 5.92 Å². The van der Waals surface area contributed by atoms with Gasteiger partial charge in [0.2, 0.25) is 0 Å². The van der Waals surface area contributed by atoms with Crippen molar-refractivity contribution in [3.8, 4) is 5.75 Å². The predicted molar refractivity (Wildman–Crippen MR) is 64.6 cm³/mol. The maximum atomic E-state index is 11.4. The highest BCUT2D eigenvalue weighted by molar-refractivity contribution is 5.91. The summed E-state index contributed by atoms with van der Waals surface area (Å²) in [7, 11) is 0. The van der Waals surface area contributed by atoms with Gasteiger partial charge in [0.05, 0.1) is 0 Å². The Balaban J connectivity index is 1.84. The number of carboxylic acid groups (broad SMARTS) is 1. The highest BCUT2D eigenvalue weighted by Gasteiger charge is 2.21. The molecule has 1 fully saturated rings. The molecular formula is C13H15NO4. The first kappa shape index (κ1) is 12.4. The Morgan fingerprint density at radius 2 is 2.06 bits per heavy atom. The summed E-state index contributed by atoms with van der Waals surface area (Å²) in [6, 6.07) is 6.27. The van der Waals surface area contributed by atoms with Crippen LogP contribution in [0.4, 0.5) is 0 Å². The Hall–Kier alpha value is -2.04. The third-order valence-electron chi connectivity index (χ3n) is 2.76. The van der Waals surface area contributed by atoms with E-state index >= 15 is 0 Å². The number of hydrogen-bond acceptors (Lipinski definition) is 3. The molecule has 1 aromatic rings. The van der Waals surface area contributed by atoms with Crippen LogP contribution in [0.1, 0.15) is 23.2 Å². The monoisotopic (exact) mass is 249 g/mol. The predicted octanol–water partition coefficient (Wildman–Crippen LogP) is 1.29. The molecule has 0 heterocycles. The van der Waals surface area contributed by atoms with Gasteiger partial charge in [0.1, 0.15) is 11.3 Å². The fraction of sp³-hybridized carbons (Fsp3) is 0.385.